The first-order chi connectivity index (χ1) is 3.79. The van der Waals surface area contributed by atoms with Crippen LogP contribution < -0.4 is 3.07 Å². The molecule has 0 saturated heterocycles. The topological polar surface area (TPSA) is 30.0 Å². The second-order valence-electron chi connectivity index (χ2n) is 1.63. The fourth-order valence-electron chi connectivity index (χ4n) is 0.484. The Balaban J connectivity index is 0.000000640. The van der Waals surface area contributed by atoms with Crippen molar-refractivity contribution in [3.05, 3.63) is 29.3 Å². The summed E-state index contributed by atoms with van der Waals surface area (Å²) >= 11 is 6.38. The molecule has 0 aliphatic carbocycles. The van der Waals surface area contributed by atoms with Crippen LogP contribution >= 0.6 is 11.6 Å². The van der Waals surface area contributed by atoms with Gasteiger partial charge in [0.2, 0.25) is 0 Å². The van der Waals surface area contributed by atoms with Gasteiger partial charge >= 0.3 is 70.1 Å². The van der Waals surface area contributed by atoms with Crippen LogP contribution in [0.25, 0.3) is 0 Å². The summed E-state index contributed by atoms with van der Waals surface area (Å²) in [6.07, 6.45) is 0. The molecule has 0 aliphatic heterocycles. The van der Waals surface area contributed by atoms with E-state index in [-0.39, 0.29) is 5.48 Å². The van der Waals surface area contributed by atoms with Crippen LogP contribution in [0.2, 0.25) is 5.02 Å². The SMILES string of the molecule is Clc1cc[c]([Hg+])cc1.[OH-]. The number of benzene rings is 1. The molecule has 0 saturated carbocycles. The largest absolute Gasteiger partial charge is 0.870 e. The van der Waals surface area contributed by atoms with Crippen molar-refractivity contribution in [1.29, 1.82) is 0 Å². The molecule has 1 nitrogen and oxygen atoms in total. The van der Waals surface area contributed by atoms with Crippen molar-refractivity contribution < 1.29 is 31.6 Å². The van der Waals surface area contributed by atoms with Crippen LogP contribution in [0.3, 0.4) is 0 Å². The van der Waals surface area contributed by atoms with Gasteiger partial charge in [0.05, 0.1) is 0 Å². The van der Waals surface area contributed by atoms with Gasteiger partial charge in [-0.1, -0.05) is 0 Å². The Labute approximate surface area is 75.3 Å². The molecule has 1 rings (SSSR count). The average molecular weight is 329 g/mol. The van der Waals surface area contributed by atoms with Crippen LogP contribution in [-0.2, 0) is 26.1 Å². The fraction of sp³-hybridized carbons (Fsp3) is 0. The van der Waals surface area contributed by atoms with Gasteiger partial charge in [0.15, 0.2) is 0 Å². The molecule has 3 heteroatoms. The molecule has 0 atom stereocenters. The summed E-state index contributed by atoms with van der Waals surface area (Å²) in [5.41, 5.74) is 0. The van der Waals surface area contributed by atoms with E-state index in [9.17, 15) is 0 Å². The summed E-state index contributed by atoms with van der Waals surface area (Å²) in [6.45, 7) is 0. The number of hydrogen-bond donors (Lipinski definition) is 0. The Morgan fingerprint density at radius 2 is 1.56 bits per heavy atom. The molecule has 0 aliphatic rings. The first-order valence-electron chi connectivity index (χ1n) is 2.36. The van der Waals surface area contributed by atoms with E-state index in [0.29, 0.717) is 0 Å². The minimum atomic E-state index is 0. The van der Waals surface area contributed by atoms with Crippen molar-refractivity contribution in [2.45, 2.75) is 0 Å². The first-order valence-corrected chi connectivity index (χ1v) is 5.49. The molecule has 0 spiro atoms. The van der Waals surface area contributed by atoms with Gasteiger partial charge in [-0.25, -0.2) is 0 Å². The molecule has 0 bridgehead atoms. The predicted octanol–water partition coefficient (Wildman–Crippen LogP) is 1.34. The van der Waals surface area contributed by atoms with Crippen molar-refractivity contribution in [2.75, 3.05) is 0 Å². The van der Waals surface area contributed by atoms with Gasteiger partial charge < -0.3 is 5.48 Å². The maximum Gasteiger partial charge on any atom is -0.870 e. The molecule has 0 radical (unpaired) electrons. The van der Waals surface area contributed by atoms with Gasteiger partial charge in [-0.2, -0.15) is 0 Å². The minimum Gasteiger partial charge on any atom is -0.870 e. The van der Waals surface area contributed by atoms with Gasteiger partial charge in [-0.3, -0.25) is 0 Å². The quantitative estimate of drug-likeness (QED) is 0.661. The minimum absolute atomic E-state index is 0. The molecule has 0 amide bonds. The van der Waals surface area contributed by atoms with Crippen molar-refractivity contribution in [2.24, 2.45) is 0 Å². The van der Waals surface area contributed by atoms with E-state index in [1.807, 2.05) is 12.1 Å². The molecular formula is C6H5ClHgO. The Bertz CT molecular complexity index is 152. The van der Waals surface area contributed by atoms with E-state index in [1.165, 1.54) is 3.07 Å². The summed E-state index contributed by atoms with van der Waals surface area (Å²) in [5.74, 6) is 0. The molecule has 1 aromatic rings. The molecule has 0 fully saturated rings. The summed E-state index contributed by atoms with van der Waals surface area (Å²) in [5, 5.41) is 0.833. The van der Waals surface area contributed by atoms with E-state index in [0.717, 1.165) is 31.1 Å². The number of hydrogen-bond acceptors (Lipinski definition) is 1. The van der Waals surface area contributed by atoms with Crippen molar-refractivity contribution in [1.82, 2.24) is 0 Å². The van der Waals surface area contributed by atoms with Crippen molar-refractivity contribution >= 4 is 14.7 Å². The molecule has 0 unspecified atom stereocenters. The molecule has 44 valence electrons. The maximum absolute atomic E-state index is 5.63. The zero-order valence-electron chi connectivity index (χ0n) is 4.84. The van der Waals surface area contributed by atoms with E-state index in [1.54, 1.807) is 0 Å². The van der Waals surface area contributed by atoms with E-state index < -0.39 is 0 Å². The van der Waals surface area contributed by atoms with Crippen LogP contribution in [0.15, 0.2) is 24.3 Å². The predicted molar refractivity (Wildman–Crippen MR) is 33.0 cm³/mol. The van der Waals surface area contributed by atoms with Crippen LogP contribution in [0.5, 0.6) is 0 Å². The third-order valence-corrected chi connectivity index (χ3v) is 3.00. The summed E-state index contributed by atoms with van der Waals surface area (Å²) < 4.78 is 1.44. The molecule has 0 heterocycles. The maximum atomic E-state index is 5.63. The second-order valence-corrected chi connectivity index (χ2v) is 5.24. The molecule has 9 heavy (non-hydrogen) atoms. The normalized spacial score (nSPS) is 8.33. The fourth-order valence-corrected chi connectivity index (χ4v) is 1.53. The zero-order valence-corrected chi connectivity index (χ0v) is 11.1. The third-order valence-electron chi connectivity index (χ3n) is 0.913. The molecule has 1 aromatic carbocycles. The van der Waals surface area contributed by atoms with Crippen LogP contribution in [0, 0.1) is 0 Å². The summed E-state index contributed by atoms with van der Waals surface area (Å²) in [7, 11) is 0. The summed E-state index contributed by atoms with van der Waals surface area (Å²) in [6, 6.07) is 8.02. The van der Waals surface area contributed by atoms with Crippen molar-refractivity contribution in [3.8, 4) is 0 Å². The number of halogens is 1. The molecule has 0 aromatic heterocycles. The smallest absolute Gasteiger partial charge is 0.870 e. The van der Waals surface area contributed by atoms with Gasteiger partial charge in [-0.05, 0) is 0 Å². The second kappa shape index (κ2) is 4.26. The van der Waals surface area contributed by atoms with Gasteiger partial charge in [0, 0.05) is 0 Å². The van der Waals surface area contributed by atoms with Crippen LogP contribution in [-0.4, -0.2) is 5.48 Å². The van der Waals surface area contributed by atoms with Crippen LogP contribution in [0.1, 0.15) is 0 Å². The Morgan fingerprint density at radius 3 is 1.89 bits per heavy atom. The Hall–Kier alpha value is 0.405. The molecular weight excluding hydrogens is 324 g/mol. The average Bonchev–Trinajstić information content (AvgIpc) is 1.77. The van der Waals surface area contributed by atoms with Crippen LogP contribution in [0.4, 0.5) is 0 Å². The monoisotopic (exact) mass is 330 g/mol. The molecule has 1 N–H and O–H groups in total. The van der Waals surface area contributed by atoms with Gasteiger partial charge in [0.1, 0.15) is 0 Å². The Morgan fingerprint density at radius 1 is 1.11 bits per heavy atom. The zero-order chi connectivity index (χ0) is 5.98. The van der Waals surface area contributed by atoms with Gasteiger partial charge in [-0.15, -0.1) is 0 Å². The number of rotatable bonds is 0. The third kappa shape index (κ3) is 3.18. The van der Waals surface area contributed by atoms with E-state index >= 15 is 0 Å². The Kier molecular flexibility index (Phi) is 4.45. The van der Waals surface area contributed by atoms with Crippen molar-refractivity contribution in [3.63, 3.8) is 0 Å². The summed E-state index contributed by atoms with van der Waals surface area (Å²) in [4.78, 5) is 0. The standard InChI is InChI=1S/C6H4Cl.Hg.H2O/c7-6-4-2-1-3-5-6;;/h2-5H;;1H2/q;+1;/p-1. The first kappa shape index (κ1) is 9.41. The van der Waals surface area contributed by atoms with E-state index in [2.05, 4.69) is 12.1 Å². The van der Waals surface area contributed by atoms with E-state index in [4.69, 9.17) is 11.6 Å². The van der Waals surface area contributed by atoms with Gasteiger partial charge in [0.25, 0.3) is 0 Å².